The molecule has 28 heavy (non-hydrogen) atoms. The first-order chi connectivity index (χ1) is 13.3. The number of anilines is 1. The van der Waals surface area contributed by atoms with Gasteiger partial charge >= 0.3 is 19.2 Å². The van der Waals surface area contributed by atoms with Crippen LogP contribution in [0.15, 0.2) is 48.5 Å². The normalized spacial score (nSPS) is 11.8. The predicted molar refractivity (Wildman–Crippen MR) is 89.7 cm³/mol. The second kappa shape index (κ2) is 9.58. The molecule has 0 saturated carbocycles. The van der Waals surface area contributed by atoms with E-state index in [4.69, 9.17) is 4.74 Å². The van der Waals surface area contributed by atoms with Crippen LogP contribution in [0.3, 0.4) is 0 Å². The standard InChI is InChI=1S/C18H15F4NO5/c1-10(15(24)23-12-7-3-5-9-14(12)28-18(21)22)26-16(25)11-6-2-4-8-13(11)27-17(19)20/h2-10,17-18H,1H3,(H,23,24)/t10-/m1/s1. The van der Waals surface area contributed by atoms with Gasteiger partial charge in [-0.05, 0) is 31.2 Å². The van der Waals surface area contributed by atoms with Crippen molar-refractivity contribution in [1.82, 2.24) is 0 Å². The van der Waals surface area contributed by atoms with Crippen LogP contribution in [0.5, 0.6) is 11.5 Å². The second-order valence-electron chi connectivity index (χ2n) is 5.29. The Morgan fingerprint density at radius 1 is 0.857 bits per heavy atom. The first-order valence-electron chi connectivity index (χ1n) is 7.87. The van der Waals surface area contributed by atoms with Gasteiger partial charge in [0.15, 0.2) is 6.10 Å². The molecule has 1 amide bonds. The van der Waals surface area contributed by atoms with Gasteiger partial charge in [-0.25, -0.2) is 4.79 Å². The first-order valence-corrected chi connectivity index (χ1v) is 7.87. The molecule has 0 fully saturated rings. The lowest BCUT2D eigenvalue weighted by molar-refractivity contribution is -0.123. The minimum atomic E-state index is -3.15. The van der Waals surface area contributed by atoms with Crippen molar-refractivity contribution in [3.63, 3.8) is 0 Å². The fraction of sp³-hybridized carbons (Fsp3) is 0.222. The average Bonchev–Trinajstić information content (AvgIpc) is 2.62. The number of para-hydroxylation sites is 3. The third-order valence-corrected chi connectivity index (χ3v) is 3.34. The Bertz CT molecular complexity index is 831. The summed E-state index contributed by atoms with van der Waals surface area (Å²) >= 11 is 0. The van der Waals surface area contributed by atoms with E-state index in [0.29, 0.717) is 0 Å². The molecule has 0 unspecified atom stereocenters. The maximum absolute atomic E-state index is 12.4. The molecule has 1 atom stereocenters. The van der Waals surface area contributed by atoms with Crippen LogP contribution in [0.2, 0.25) is 0 Å². The highest BCUT2D eigenvalue weighted by atomic mass is 19.3. The van der Waals surface area contributed by atoms with Gasteiger partial charge < -0.3 is 19.5 Å². The van der Waals surface area contributed by atoms with Crippen LogP contribution in [0.4, 0.5) is 23.2 Å². The van der Waals surface area contributed by atoms with Gasteiger partial charge in [-0.1, -0.05) is 24.3 Å². The van der Waals surface area contributed by atoms with Crippen LogP contribution in [-0.4, -0.2) is 31.2 Å². The van der Waals surface area contributed by atoms with Gasteiger partial charge in [-0.2, -0.15) is 17.6 Å². The largest absolute Gasteiger partial charge is 0.449 e. The highest BCUT2D eigenvalue weighted by molar-refractivity contribution is 5.99. The number of rotatable bonds is 8. The molecule has 0 aliphatic carbocycles. The molecule has 0 aliphatic heterocycles. The maximum Gasteiger partial charge on any atom is 0.387 e. The number of halogens is 4. The zero-order valence-corrected chi connectivity index (χ0v) is 14.4. The number of amides is 1. The van der Waals surface area contributed by atoms with Crippen LogP contribution in [0, 0.1) is 0 Å². The predicted octanol–water partition coefficient (Wildman–Crippen LogP) is 4.07. The summed E-state index contributed by atoms with van der Waals surface area (Å²) in [6, 6.07) is 10.6. The van der Waals surface area contributed by atoms with E-state index in [9.17, 15) is 27.2 Å². The lowest BCUT2D eigenvalue weighted by atomic mass is 10.2. The maximum atomic E-state index is 12.4. The van der Waals surface area contributed by atoms with E-state index in [2.05, 4.69) is 14.8 Å². The van der Waals surface area contributed by atoms with Crippen LogP contribution < -0.4 is 14.8 Å². The van der Waals surface area contributed by atoms with Crippen molar-refractivity contribution in [3.8, 4) is 11.5 Å². The first kappa shape index (κ1) is 21.0. The minimum Gasteiger partial charge on any atom is -0.449 e. The Balaban J connectivity index is 2.06. The number of esters is 1. The number of hydrogen-bond donors (Lipinski definition) is 1. The number of benzene rings is 2. The summed E-state index contributed by atoms with van der Waals surface area (Å²) in [5.41, 5.74) is -0.360. The zero-order valence-electron chi connectivity index (χ0n) is 14.4. The topological polar surface area (TPSA) is 73.9 Å². The summed E-state index contributed by atoms with van der Waals surface area (Å²) in [6.45, 7) is -5.03. The monoisotopic (exact) mass is 401 g/mol. The third-order valence-electron chi connectivity index (χ3n) is 3.34. The molecular weight excluding hydrogens is 386 g/mol. The molecule has 2 aromatic carbocycles. The fourth-order valence-corrected chi connectivity index (χ4v) is 2.11. The number of alkyl halides is 4. The molecule has 0 bridgehead atoms. The van der Waals surface area contributed by atoms with Crippen LogP contribution in [-0.2, 0) is 9.53 Å². The van der Waals surface area contributed by atoms with E-state index in [1.54, 1.807) is 0 Å². The molecule has 0 aliphatic rings. The molecule has 0 spiro atoms. The third kappa shape index (κ3) is 5.86. The van der Waals surface area contributed by atoms with Gasteiger partial charge in [0.2, 0.25) is 0 Å². The van der Waals surface area contributed by atoms with Crippen molar-refractivity contribution >= 4 is 17.6 Å². The average molecular weight is 401 g/mol. The van der Waals surface area contributed by atoms with E-state index < -0.39 is 37.0 Å². The SMILES string of the molecule is C[C@@H](OC(=O)c1ccccc1OC(F)F)C(=O)Nc1ccccc1OC(F)F. The van der Waals surface area contributed by atoms with Gasteiger partial charge in [0, 0.05) is 0 Å². The summed E-state index contributed by atoms with van der Waals surface area (Å²) in [7, 11) is 0. The fourth-order valence-electron chi connectivity index (χ4n) is 2.11. The lowest BCUT2D eigenvalue weighted by Crippen LogP contribution is -2.30. The van der Waals surface area contributed by atoms with Gasteiger partial charge in [0.1, 0.15) is 17.1 Å². The highest BCUT2D eigenvalue weighted by Gasteiger charge is 2.23. The molecule has 2 aromatic rings. The van der Waals surface area contributed by atoms with E-state index in [1.807, 2.05) is 0 Å². The van der Waals surface area contributed by atoms with Crippen LogP contribution in [0.25, 0.3) is 0 Å². The Kier molecular flexibility index (Phi) is 7.19. The summed E-state index contributed by atoms with van der Waals surface area (Å²) in [5, 5.41) is 2.29. The van der Waals surface area contributed by atoms with E-state index in [1.165, 1.54) is 49.4 Å². The summed E-state index contributed by atoms with van der Waals surface area (Å²) in [5.74, 6) is -2.60. The molecule has 6 nitrogen and oxygen atoms in total. The Hall–Kier alpha value is -3.30. The quantitative estimate of drug-likeness (QED) is 0.533. The lowest BCUT2D eigenvalue weighted by Gasteiger charge is -2.16. The smallest absolute Gasteiger partial charge is 0.387 e. The Labute approximate surface area is 157 Å². The Morgan fingerprint density at radius 3 is 2.04 bits per heavy atom. The van der Waals surface area contributed by atoms with Crippen molar-refractivity contribution in [2.75, 3.05) is 5.32 Å². The number of carbonyl (C=O) groups is 2. The van der Waals surface area contributed by atoms with Crippen molar-refractivity contribution in [2.45, 2.75) is 26.3 Å². The number of ether oxygens (including phenoxy) is 3. The van der Waals surface area contributed by atoms with E-state index in [0.717, 1.165) is 6.07 Å². The molecule has 0 radical (unpaired) electrons. The highest BCUT2D eigenvalue weighted by Crippen LogP contribution is 2.26. The summed E-state index contributed by atoms with van der Waals surface area (Å²) in [4.78, 5) is 24.4. The second-order valence-corrected chi connectivity index (χ2v) is 5.29. The van der Waals surface area contributed by atoms with Crippen molar-refractivity contribution in [1.29, 1.82) is 0 Å². The summed E-state index contributed by atoms with van der Waals surface area (Å²) < 4.78 is 63.1. The minimum absolute atomic E-state index is 0.0582. The molecule has 2 rings (SSSR count). The molecule has 10 heteroatoms. The summed E-state index contributed by atoms with van der Waals surface area (Å²) in [6.07, 6.45) is -1.37. The van der Waals surface area contributed by atoms with Gasteiger partial charge in [-0.3, -0.25) is 4.79 Å². The van der Waals surface area contributed by atoms with Crippen molar-refractivity contribution < 1.29 is 41.4 Å². The molecule has 0 saturated heterocycles. The van der Waals surface area contributed by atoms with E-state index >= 15 is 0 Å². The molecule has 150 valence electrons. The molecule has 1 N–H and O–H groups in total. The van der Waals surface area contributed by atoms with Crippen LogP contribution >= 0.6 is 0 Å². The Morgan fingerprint density at radius 2 is 1.39 bits per heavy atom. The number of hydrogen-bond acceptors (Lipinski definition) is 5. The van der Waals surface area contributed by atoms with Crippen LogP contribution in [0.1, 0.15) is 17.3 Å². The number of nitrogens with one attached hydrogen (secondary N) is 1. The van der Waals surface area contributed by atoms with Gasteiger partial charge in [0.25, 0.3) is 5.91 Å². The molecular formula is C18H15F4NO5. The molecule has 0 heterocycles. The zero-order chi connectivity index (χ0) is 20.7. The van der Waals surface area contributed by atoms with E-state index in [-0.39, 0.29) is 17.0 Å². The molecule has 0 aromatic heterocycles. The van der Waals surface area contributed by atoms with Gasteiger partial charge in [-0.15, -0.1) is 0 Å². The van der Waals surface area contributed by atoms with Gasteiger partial charge in [0.05, 0.1) is 5.69 Å². The van der Waals surface area contributed by atoms with Crippen molar-refractivity contribution in [3.05, 3.63) is 54.1 Å². The number of carbonyl (C=O) groups excluding carboxylic acids is 2. The van der Waals surface area contributed by atoms with Crippen molar-refractivity contribution in [2.24, 2.45) is 0 Å².